The lowest BCUT2D eigenvalue weighted by molar-refractivity contribution is -0.178. The van der Waals surface area contributed by atoms with Crippen molar-refractivity contribution in [1.82, 2.24) is 0 Å². The van der Waals surface area contributed by atoms with Crippen LogP contribution in [0.5, 0.6) is 0 Å². The lowest BCUT2D eigenvalue weighted by Crippen LogP contribution is -2.58. The van der Waals surface area contributed by atoms with Gasteiger partial charge < -0.3 is 29.9 Å². The predicted octanol–water partition coefficient (Wildman–Crippen LogP) is 23.0. The molecule has 25 rings (SSSR count). The average molecular weight is 1600 g/mol. The summed E-state index contributed by atoms with van der Waals surface area (Å²) in [6.07, 6.45) is 50.1. The molecule has 0 radical (unpaired) electrons. The van der Waals surface area contributed by atoms with Crippen molar-refractivity contribution in [3.8, 4) is 36.5 Å². The lowest BCUT2D eigenvalue weighted by atomic mass is 9.47. The Hall–Kier alpha value is -5.48. The van der Waals surface area contributed by atoms with Crippen LogP contribution < -0.4 is 0 Å². The van der Waals surface area contributed by atoms with Crippen molar-refractivity contribution in [3.05, 3.63) is 94.2 Å². The molecule has 0 amide bonds. The minimum atomic E-state index is -0.543. The van der Waals surface area contributed by atoms with Gasteiger partial charge in [-0.15, -0.1) is 12.8 Å². The summed E-state index contributed by atoms with van der Waals surface area (Å²) < 4.78 is 10.8. The summed E-state index contributed by atoms with van der Waals surface area (Å²) in [4.78, 5) is 54.3. The molecule has 3 unspecified atom stereocenters. The summed E-state index contributed by atoms with van der Waals surface area (Å²) in [6, 6.07) is 0. The van der Waals surface area contributed by atoms with Gasteiger partial charge in [0.25, 0.3) is 0 Å². The number of hydrogen-bond donors (Lipinski definition) is 4. The largest absolute Gasteiger partial charge is 0.481 e. The van der Waals surface area contributed by atoms with E-state index in [1.807, 2.05) is 38.2 Å². The highest BCUT2D eigenvalue weighted by Crippen LogP contribution is 2.69. The number of esters is 2. The van der Waals surface area contributed by atoms with Gasteiger partial charge in [0, 0.05) is 41.4 Å². The number of carboxylic acid groups (broad SMARTS) is 1. The molecule has 14 bridgehead atoms. The first-order valence-corrected chi connectivity index (χ1v) is 44.6. The standard InChI is InChI=1S/C21H32O2.2C12H18O2.2C10H16O.C10H14O.C10H16O.C10H16.C6H2.C2H3ClO.2H2/c1-13-8-10-20(2)14(12-13)4-5-15-16-6-7-18(19(22)23)21(16,3)11-9-17(15)20;1-7-5-11(14-8(2)13)10-6-9(7)12(10,3)4;1-8(13)14-12(4)6-5-9-7-10(12)11(9,2)3;3*1-6-4-9(11)8-5-7(6)10(8,2)3;1-9(2)7-4-5-10(3,11)8(9)6-7;1-7-4-5-8-6-9(7)10(8,2)3;1-3-5-6-4-2;1-2(3)4;;/h4,13,15-18H,5-12H2,1-3H3,(H,22,23);5,9-11H,6H2,1-4H3;5-6,9-10H,7H2,1-4H3;2*4,7-9,11H,5H2,1-3H3;4,7-8H,5H2,1-3H3;4-5,7-8,11H,6H2,1-3H3;4,8-9H,5-6H2,1-3H3;1-2H;1H3;2*1H/t13?,15-,16-,17-,18+,20-,21-;9-,10+,11?;9-,10+,12-;7-,8+,9?;7-,8+,9-;7-,8+;7-,8+,10-;8-,9-;;;;/m01111111..../s1. The predicted molar refractivity (Wildman–Crippen MR) is 471 cm³/mol. The third-order valence-electron chi connectivity index (χ3n) is 35.4. The Morgan fingerprint density at radius 1 is 0.522 bits per heavy atom. The van der Waals surface area contributed by atoms with E-state index in [-0.39, 0.29) is 60.7 Å². The van der Waals surface area contributed by atoms with Crippen molar-refractivity contribution in [2.45, 2.75) is 319 Å². The number of rotatable bonds is 3. The van der Waals surface area contributed by atoms with Gasteiger partial charge in [-0.25, -0.2) is 0 Å². The van der Waals surface area contributed by atoms with Crippen molar-refractivity contribution in [2.75, 3.05) is 0 Å². The number of ether oxygens (including phenoxy) is 2. The zero-order valence-electron chi connectivity index (χ0n) is 76.0. The number of aliphatic hydroxyl groups is 3. The van der Waals surface area contributed by atoms with Crippen LogP contribution >= 0.6 is 11.6 Å². The Balaban J connectivity index is 0.000000184. The molecule has 0 saturated heterocycles. The fraction of sp³-hybridized carbons (Fsp3) is 0.738. The number of allylic oxidation sites excluding steroid dienone is 11. The molecule has 0 aromatic rings. The van der Waals surface area contributed by atoms with E-state index >= 15 is 0 Å². The van der Waals surface area contributed by atoms with Crippen LogP contribution in [0.1, 0.15) is 293 Å². The van der Waals surface area contributed by atoms with Crippen LogP contribution in [0, 0.1) is 198 Å². The second kappa shape index (κ2) is 34.2. The van der Waals surface area contributed by atoms with Crippen LogP contribution in [-0.2, 0) is 33.4 Å². The van der Waals surface area contributed by atoms with Crippen LogP contribution in [0.3, 0.4) is 0 Å². The first-order valence-electron chi connectivity index (χ1n) is 44.2. The summed E-state index contributed by atoms with van der Waals surface area (Å²) in [5.74, 6) is 20.1. The van der Waals surface area contributed by atoms with Gasteiger partial charge in [-0.3, -0.25) is 24.0 Å². The molecule has 25 aliphatic carbocycles. The Labute approximate surface area is 704 Å². The third-order valence-corrected chi connectivity index (χ3v) is 35.4. The molecule has 10 saturated carbocycles. The van der Waals surface area contributed by atoms with Gasteiger partial charge >= 0.3 is 17.9 Å². The van der Waals surface area contributed by atoms with E-state index in [1.54, 1.807) is 11.1 Å². The highest BCUT2D eigenvalue weighted by atomic mass is 35.5. The number of carbonyl (C=O) groups excluding carboxylic acids is 4. The summed E-state index contributed by atoms with van der Waals surface area (Å²) in [7, 11) is 0. The van der Waals surface area contributed by atoms with E-state index in [0.717, 1.165) is 73.5 Å². The molecular formula is C103H155ClO11. The summed E-state index contributed by atoms with van der Waals surface area (Å²) in [6.45, 7) is 58.2. The van der Waals surface area contributed by atoms with E-state index in [2.05, 4.69) is 224 Å². The highest BCUT2D eigenvalue weighted by Gasteiger charge is 2.63. The van der Waals surface area contributed by atoms with Gasteiger partial charge in [-0.05, 0) is 342 Å². The lowest BCUT2D eigenvalue weighted by Gasteiger charge is -2.60. The first kappa shape index (κ1) is 93.4. The monoisotopic (exact) mass is 1600 g/mol. The minimum Gasteiger partial charge on any atom is -0.481 e. The van der Waals surface area contributed by atoms with Crippen LogP contribution in [0.15, 0.2) is 94.2 Å². The molecule has 640 valence electrons. The van der Waals surface area contributed by atoms with E-state index in [4.69, 9.17) is 22.3 Å². The van der Waals surface area contributed by atoms with E-state index in [1.165, 1.54) is 114 Å². The number of carboxylic acids is 1. The third kappa shape index (κ3) is 18.0. The normalized spacial score (nSPS) is 41.9. The Kier molecular flexibility index (Phi) is 27.8. The molecule has 25 aliphatic rings. The van der Waals surface area contributed by atoms with Gasteiger partial charge in [0.1, 0.15) is 11.7 Å². The van der Waals surface area contributed by atoms with Crippen LogP contribution in [0.4, 0.5) is 0 Å². The van der Waals surface area contributed by atoms with Crippen molar-refractivity contribution in [2.24, 2.45) is 161 Å². The van der Waals surface area contributed by atoms with E-state index in [0.29, 0.717) is 109 Å². The van der Waals surface area contributed by atoms with Crippen molar-refractivity contribution < 1.29 is 56.7 Å². The molecule has 4 N–H and O–H groups in total. The molecule has 26 atom stereocenters. The van der Waals surface area contributed by atoms with E-state index in [9.17, 15) is 44.4 Å². The van der Waals surface area contributed by atoms with Crippen molar-refractivity contribution >= 4 is 40.5 Å². The van der Waals surface area contributed by atoms with Gasteiger partial charge in [-0.1, -0.05) is 194 Å². The minimum absolute atomic E-state index is 0. The maximum atomic E-state index is 11.7. The summed E-state index contributed by atoms with van der Waals surface area (Å²) in [5, 5.41) is 38.5. The maximum Gasteiger partial charge on any atom is 0.307 e. The summed E-state index contributed by atoms with van der Waals surface area (Å²) in [5.41, 5.74) is 11.0. The zero-order valence-corrected chi connectivity index (χ0v) is 76.7. The average Bonchev–Trinajstić information content (AvgIpc) is 1.51. The topological polar surface area (TPSA) is 185 Å². The molecule has 0 aromatic heterocycles. The first-order chi connectivity index (χ1) is 53.0. The second-order valence-electron chi connectivity index (χ2n) is 44.2. The smallest absolute Gasteiger partial charge is 0.307 e. The maximum absolute atomic E-state index is 11.7. The molecular weight excluding hydrogens is 1450 g/mol. The number of fused-ring (bicyclic) bond motifs is 12. The van der Waals surface area contributed by atoms with E-state index < -0.39 is 11.6 Å². The van der Waals surface area contributed by atoms with Gasteiger partial charge in [0.2, 0.25) is 5.24 Å². The molecule has 0 heterocycles. The van der Waals surface area contributed by atoms with Gasteiger partial charge in [0.05, 0.1) is 23.7 Å². The highest BCUT2D eigenvalue weighted by molar-refractivity contribution is 6.62. The van der Waals surface area contributed by atoms with Gasteiger partial charge in [-0.2, -0.15) is 0 Å². The molecule has 0 aromatic carbocycles. The van der Waals surface area contributed by atoms with Crippen molar-refractivity contribution in [1.29, 1.82) is 0 Å². The number of terminal acetylenes is 2. The number of halogens is 1. The van der Waals surface area contributed by atoms with Crippen LogP contribution in [-0.4, -0.2) is 78.9 Å². The molecule has 12 heteroatoms. The zero-order chi connectivity index (χ0) is 86.2. The molecule has 0 aliphatic heterocycles. The number of carbonyl (C=O) groups is 5. The SMILES string of the molecule is C#CC#CC#C.CC(=O)Cl.CC(=O)OC1C=C(C)[C@H]2C[C@@H]1C2(C)C.CC(=O)O[C@]1(C)C=C[C@@H]2C[C@H]1C2(C)C.CC1(C)[C@@H]2C=C[C@@](C)(O)[C@H]1C2.CC1=CC(=O)[C@@H]2C[C@H]1C2(C)C.CC1=CC(O)[C@@H]2C[C@H]1C2(C)C.CC1=CC[C@@H]2C[C@H]1C2(C)C.CC1=C[C@@H](O)[C@@H]2C[C@H]1C2(C)C.CC1CC[C@@]2(C)C(=CC[C@H]3[C@@H]4CC[C@H](C(=O)O)[C@@]4(C)CC[C@@H]32)C1.[HH].[HH]. The Morgan fingerprint density at radius 3 is 1.37 bits per heavy atom. The number of hydrogen-bond acceptors (Lipinski definition) is 10. The Bertz CT molecular complexity index is 4020. The second-order valence-corrected chi connectivity index (χ2v) is 44.7. The molecule has 10 fully saturated rings. The van der Waals surface area contributed by atoms with Crippen LogP contribution in [0.2, 0.25) is 0 Å². The number of aliphatic hydroxyl groups excluding tert-OH is 2. The number of ketones is 1. The van der Waals surface area contributed by atoms with Crippen molar-refractivity contribution in [3.63, 3.8) is 0 Å². The van der Waals surface area contributed by atoms with Crippen LogP contribution in [0.25, 0.3) is 0 Å². The summed E-state index contributed by atoms with van der Waals surface area (Å²) >= 11 is 4.64. The Morgan fingerprint density at radius 2 is 1.01 bits per heavy atom. The van der Waals surface area contributed by atoms with Gasteiger partial charge in [0.15, 0.2) is 5.78 Å². The molecule has 0 spiro atoms. The molecule has 11 nitrogen and oxygen atoms in total. The quantitative estimate of drug-likeness (QED) is 0.0912. The number of aliphatic carboxylic acids is 1. The molecule has 115 heavy (non-hydrogen) atoms. The fourth-order valence-electron chi connectivity index (χ4n) is 27.1. The fourth-order valence-corrected chi connectivity index (χ4v) is 27.1.